The molecule has 1 amide bonds. The van der Waals surface area contributed by atoms with Crippen molar-refractivity contribution in [2.45, 2.75) is 13.0 Å². The van der Waals surface area contributed by atoms with Gasteiger partial charge < -0.3 is 15.8 Å². The molecule has 1 aromatic heterocycles. The Balaban J connectivity index is 2.20. The number of amides is 1. The molecule has 0 bridgehead atoms. The second kappa shape index (κ2) is 5.64. The molecule has 0 aliphatic carbocycles. The highest BCUT2D eigenvalue weighted by Crippen LogP contribution is 2.24. The van der Waals surface area contributed by atoms with Gasteiger partial charge in [-0.1, -0.05) is 18.2 Å². The van der Waals surface area contributed by atoms with E-state index in [1.165, 1.54) is 10.9 Å². The van der Waals surface area contributed by atoms with Crippen LogP contribution in [0, 0.1) is 0 Å². The van der Waals surface area contributed by atoms with Crippen LogP contribution in [0.25, 0.3) is 0 Å². The van der Waals surface area contributed by atoms with E-state index in [0.717, 1.165) is 11.3 Å². The third-order valence-corrected chi connectivity index (χ3v) is 3.14. The summed E-state index contributed by atoms with van der Waals surface area (Å²) >= 11 is 0. The summed E-state index contributed by atoms with van der Waals surface area (Å²) in [6, 6.07) is 7.36. The third kappa shape index (κ3) is 2.59. The highest BCUT2D eigenvalue weighted by Gasteiger charge is 2.19. The lowest BCUT2D eigenvalue weighted by molar-refractivity contribution is 0.0931. The van der Waals surface area contributed by atoms with Crippen LogP contribution in [0.5, 0.6) is 5.75 Å². The lowest BCUT2D eigenvalue weighted by Gasteiger charge is -2.17. The summed E-state index contributed by atoms with van der Waals surface area (Å²) in [5.41, 5.74) is 7.36. The Morgan fingerprint density at radius 2 is 2.15 bits per heavy atom. The van der Waals surface area contributed by atoms with Crippen molar-refractivity contribution in [1.82, 2.24) is 15.1 Å². The van der Waals surface area contributed by atoms with Gasteiger partial charge in [-0.3, -0.25) is 9.48 Å². The van der Waals surface area contributed by atoms with Crippen molar-refractivity contribution in [3.05, 3.63) is 41.7 Å². The maximum atomic E-state index is 12.2. The van der Waals surface area contributed by atoms with Crippen molar-refractivity contribution in [2.24, 2.45) is 7.05 Å². The zero-order valence-corrected chi connectivity index (χ0v) is 11.8. The maximum Gasteiger partial charge on any atom is 0.272 e. The van der Waals surface area contributed by atoms with E-state index in [0.29, 0.717) is 11.4 Å². The summed E-state index contributed by atoms with van der Waals surface area (Å²) in [7, 11) is 3.28. The van der Waals surface area contributed by atoms with Crippen LogP contribution in [-0.4, -0.2) is 22.8 Å². The number of aryl methyl sites for hydroxylation is 1. The Labute approximate surface area is 117 Å². The molecule has 20 heavy (non-hydrogen) atoms. The van der Waals surface area contributed by atoms with Gasteiger partial charge >= 0.3 is 0 Å². The molecule has 1 aromatic carbocycles. The molecule has 0 spiro atoms. The summed E-state index contributed by atoms with van der Waals surface area (Å²) in [5.74, 6) is 0.471. The van der Waals surface area contributed by atoms with Gasteiger partial charge in [-0.05, 0) is 13.0 Å². The average Bonchev–Trinajstić information content (AvgIpc) is 2.78. The standard InChI is InChI=1S/C14H18N4O2/c1-9(10-6-4-5-7-12(10)20-3)17-14(19)13-11(15)8-16-18(13)2/h4-9H,15H2,1-3H3,(H,17,19). The maximum absolute atomic E-state index is 12.2. The van der Waals surface area contributed by atoms with Crippen LogP contribution in [0.15, 0.2) is 30.5 Å². The molecular weight excluding hydrogens is 256 g/mol. The van der Waals surface area contributed by atoms with Gasteiger partial charge in [-0.25, -0.2) is 0 Å². The number of nitrogens with zero attached hydrogens (tertiary/aromatic N) is 2. The van der Waals surface area contributed by atoms with Crippen molar-refractivity contribution in [1.29, 1.82) is 0 Å². The fourth-order valence-corrected chi connectivity index (χ4v) is 2.10. The van der Waals surface area contributed by atoms with Crippen LogP contribution in [-0.2, 0) is 7.05 Å². The van der Waals surface area contributed by atoms with Gasteiger partial charge in [0.15, 0.2) is 0 Å². The van der Waals surface area contributed by atoms with Crippen LogP contribution in [0.3, 0.4) is 0 Å². The monoisotopic (exact) mass is 274 g/mol. The molecule has 0 aliphatic heterocycles. The summed E-state index contributed by atoms with van der Waals surface area (Å²) in [4.78, 5) is 12.2. The summed E-state index contributed by atoms with van der Waals surface area (Å²) < 4.78 is 6.75. The molecule has 2 aromatic rings. The van der Waals surface area contributed by atoms with E-state index < -0.39 is 0 Å². The first kappa shape index (κ1) is 13.9. The number of hydrogen-bond acceptors (Lipinski definition) is 4. The molecule has 1 heterocycles. The quantitative estimate of drug-likeness (QED) is 0.885. The highest BCUT2D eigenvalue weighted by molar-refractivity contribution is 5.97. The zero-order chi connectivity index (χ0) is 14.7. The molecule has 2 rings (SSSR count). The van der Waals surface area contributed by atoms with Crippen LogP contribution >= 0.6 is 0 Å². The fourth-order valence-electron chi connectivity index (χ4n) is 2.10. The van der Waals surface area contributed by atoms with Crippen molar-refractivity contribution < 1.29 is 9.53 Å². The minimum absolute atomic E-state index is 0.201. The topological polar surface area (TPSA) is 82.2 Å². The second-order valence-electron chi connectivity index (χ2n) is 4.51. The molecule has 6 heteroatoms. The average molecular weight is 274 g/mol. The SMILES string of the molecule is COc1ccccc1C(C)NC(=O)c1c(N)cnn1C. The Kier molecular flexibility index (Phi) is 3.93. The predicted molar refractivity (Wildman–Crippen MR) is 76.5 cm³/mol. The van der Waals surface area contributed by atoms with Gasteiger partial charge in [0.05, 0.1) is 25.0 Å². The number of rotatable bonds is 4. The number of benzene rings is 1. The molecule has 0 saturated carbocycles. The highest BCUT2D eigenvalue weighted by atomic mass is 16.5. The van der Waals surface area contributed by atoms with Gasteiger partial charge in [0, 0.05) is 12.6 Å². The molecule has 3 N–H and O–H groups in total. The molecular formula is C14H18N4O2. The minimum atomic E-state index is -0.263. The number of aromatic nitrogens is 2. The van der Waals surface area contributed by atoms with E-state index >= 15 is 0 Å². The van der Waals surface area contributed by atoms with E-state index in [-0.39, 0.29) is 11.9 Å². The van der Waals surface area contributed by atoms with E-state index in [4.69, 9.17) is 10.5 Å². The summed E-state index contributed by atoms with van der Waals surface area (Å²) in [5, 5.41) is 6.85. The molecule has 0 saturated heterocycles. The number of hydrogen-bond donors (Lipinski definition) is 2. The molecule has 106 valence electrons. The van der Waals surface area contributed by atoms with Gasteiger partial charge in [0.2, 0.25) is 0 Å². The Hall–Kier alpha value is -2.50. The first-order valence-electron chi connectivity index (χ1n) is 6.25. The third-order valence-electron chi connectivity index (χ3n) is 3.14. The van der Waals surface area contributed by atoms with Gasteiger partial charge in [0.1, 0.15) is 11.4 Å². The van der Waals surface area contributed by atoms with Crippen molar-refractivity contribution in [2.75, 3.05) is 12.8 Å². The fraction of sp³-hybridized carbons (Fsp3) is 0.286. The molecule has 0 radical (unpaired) electrons. The number of para-hydroxylation sites is 1. The first-order chi connectivity index (χ1) is 9.54. The number of ether oxygens (including phenoxy) is 1. The number of nitrogens with two attached hydrogens (primary N) is 1. The molecule has 0 fully saturated rings. The minimum Gasteiger partial charge on any atom is -0.496 e. The lowest BCUT2D eigenvalue weighted by Crippen LogP contribution is -2.29. The van der Waals surface area contributed by atoms with Crippen LogP contribution in [0.4, 0.5) is 5.69 Å². The Bertz CT molecular complexity index is 602. The van der Waals surface area contributed by atoms with E-state index in [2.05, 4.69) is 10.4 Å². The molecule has 1 unspecified atom stereocenters. The number of anilines is 1. The van der Waals surface area contributed by atoms with E-state index in [1.807, 2.05) is 31.2 Å². The smallest absolute Gasteiger partial charge is 0.272 e. The molecule has 0 aliphatic rings. The molecule has 1 atom stereocenters. The van der Waals surface area contributed by atoms with Crippen LogP contribution in [0.2, 0.25) is 0 Å². The van der Waals surface area contributed by atoms with Crippen LogP contribution in [0.1, 0.15) is 29.0 Å². The Morgan fingerprint density at radius 1 is 1.45 bits per heavy atom. The van der Waals surface area contributed by atoms with Gasteiger partial charge in [-0.2, -0.15) is 5.10 Å². The largest absolute Gasteiger partial charge is 0.496 e. The van der Waals surface area contributed by atoms with E-state index in [9.17, 15) is 4.79 Å². The zero-order valence-electron chi connectivity index (χ0n) is 11.8. The number of nitrogen functional groups attached to an aromatic ring is 1. The van der Waals surface area contributed by atoms with Crippen molar-refractivity contribution >= 4 is 11.6 Å². The summed E-state index contributed by atoms with van der Waals surface area (Å²) in [6.07, 6.45) is 1.46. The second-order valence-corrected chi connectivity index (χ2v) is 4.51. The van der Waals surface area contributed by atoms with Gasteiger partial charge in [0.25, 0.3) is 5.91 Å². The number of methoxy groups -OCH3 is 1. The first-order valence-corrected chi connectivity index (χ1v) is 6.25. The number of carbonyl (C=O) groups excluding carboxylic acids is 1. The Morgan fingerprint density at radius 3 is 2.75 bits per heavy atom. The lowest BCUT2D eigenvalue weighted by atomic mass is 10.1. The predicted octanol–water partition coefficient (Wildman–Crippen LogP) is 1.50. The van der Waals surface area contributed by atoms with Gasteiger partial charge in [-0.15, -0.1) is 0 Å². The summed E-state index contributed by atoms with van der Waals surface area (Å²) in [6.45, 7) is 1.89. The normalized spacial score (nSPS) is 11.9. The number of nitrogens with one attached hydrogen (secondary N) is 1. The number of carbonyl (C=O) groups is 1. The van der Waals surface area contributed by atoms with E-state index in [1.54, 1.807) is 14.2 Å². The molecule has 6 nitrogen and oxygen atoms in total. The van der Waals surface area contributed by atoms with Crippen molar-refractivity contribution in [3.63, 3.8) is 0 Å². The van der Waals surface area contributed by atoms with Crippen LogP contribution < -0.4 is 15.8 Å². The van der Waals surface area contributed by atoms with Crippen molar-refractivity contribution in [3.8, 4) is 5.75 Å².